The van der Waals surface area contributed by atoms with Gasteiger partial charge in [0.05, 0.1) is 0 Å². The van der Waals surface area contributed by atoms with Crippen LogP contribution < -0.4 is 5.32 Å². The zero-order valence-electron chi connectivity index (χ0n) is 7.96. The van der Waals surface area contributed by atoms with Crippen LogP contribution in [0, 0.1) is 3.57 Å². The predicted octanol–water partition coefficient (Wildman–Crippen LogP) is 2.46. The molecule has 0 aromatic heterocycles. The van der Waals surface area contributed by atoms with Crippen molar-refractivity contribution in [3.05, 3.63) is 27.3 Å². The van der Waals surface area contributed by atoms with Crippen molar-refractivity contribution in [1.29, 1.82) is 0 Å². The van der Waals surface area contributed by atoms with E-state index in [9.17, 15) is 5.11 Å². The van der Waals surface area contributed by atoms with Crippen molar-refractivity contribution in [1.82, 2.24) is 5.32 Å². The molecule has 76 valence electrons. The van der Waals surface area contributed by atoms with Crippen molar-refractivity contribution >= 4 is 22.6 Å². The van der Waals surface area contributed by atoms with E-state index in [2.05, 4.69) is 40.0 Å². The molecule has 2 N–H and O–H groups in total. The van der Waals surface area contributed by atoms with Gasteiger partial charge in [-0.05, 0) is 72.1 Å². The maximum absolute atomic E-state index is 9.82. The number of hydrogen-bond acceptors (Lipinski definition) is 2. The van der Waals surface area contributed by atoms with E-state index in [1.165, 1.54) is 0 Å². The first-order chi connectivity index (χ1) is 6.77. The van der Waals surface area contributed by atoms with Crippen molar-refractivity contribution in [2.75, 3.05) is 13.1 Å². The average Bonchev–Trinajstić information content (AvgIpc) is 2.19. The van der Waals surface area contributed by atoms with Gasteiger partial charge >= 0.3 is 0 Å². The summed E-state index contributed by atoms with van der Waals surface area (Å²) in [6.45, 7) is 2.13. The third kappa shape index (κ3) is 2.20. The fraction of sp³-hybridized carbons (Fsp3) is 0.455. The van der Waals surface area contributed by atoms with Gasteiger partial charge in [0.15, 0.2) is 0 Å². The highest BCUT2D eigenvalue weighted by Gasteiger charge is 2.17. The first kappa shape index (κ1) is 10.2. The molecule has 1 aromatic rings. The number of benzene rings is 1. The van der Waals surface area contributed by atoms with E-state index in [0.29, 0.717) is 11.7 Å². The number of phenols is 1. The van der Waals surface area contributed by atoms with Crippen molar-refractivity contribution in [3.8, 4) is 5.75 Å². The molecule has 0 radical (unpaired) electrons. The van der Waals surface area contributed by atoms with Gasteiger partial charge in [-0.1, -0.05) is 6.07 Å². The van der Waals surface area contributed by atoms with Gasteiger partial charge in [-0.2, -0.15) is 0 Å². The average molecular weight is 303 g/mol. The number of rotatable bonds is 1. The Kier molecular flexibility index (Phi) is 3.28. The van der Waals surface area contributed by atoms with Crippen LogP contribution in [0.3, 0.4) is 0 Å². The van der Waals surface area contributed by atoms with Gasteiger partial charge in [0.2, 0.25) is 0 Å². The van der Waals surface area contributed by atoms with E-state index in [1.54, 1.807) is 0 Å². The minimum Gasteiger partial charge on any atom is -0.508 e. The van der Waals surface area contributed by atoms with Gasteiger partial charge < -0.3 is 10.4 Å². The van der Waals surface area contributed by atoms with Crippen LogP contribution in [0.15, 0.2) is 18.2 Å². The quantitative estimate of drug-likeness (QED) is 0.781. The van der Waals surface area contributed by atoms with Gasteiger partial charge in [0.1, 0.15) is 5.75 Å². The first-order valence-corrected chi connectivity index (χ1v) is 6.04. The summed E-state index contributed by atoms with van der Waals surface area (Å²) >= 11 is 2.22. The zero-order chi connectivity index (χ0) is 9.97. The van der Waals surface area contributed by atoms with Crippen LogP contribution in [-0.2, 0) is 0 Å². The van der Waals surface area contributed by atoms with Gasteiger partial charge in [-0.15, -0.1) is 0 Å². The smallest absolute Gasteiger partial charge is 0.120 e. The summed E-state index contributed by atoms with van der Waals surface area (Å²) in [5.41, 5.74) is 1.12. The highest BCUT2D eigenvalue weighted by Crippen LogP contribution is 2.32. The Morgan fingerprint density at radius 1 is 1.29 bits per heavy atom. The van der Waals surface area contributed by atoms with E-state index in [4.69, 9.17) is 0 Å². The second-order valence-corrected chi connectivity index (χ2v) is 4.97. The Morgan fingerprint density at radius 3 is 2.64 bits per heavy atom. The normalized spacial score (nSPS) is 18.4. The molecular weight excluding hydrogens is 289 g/mol. The monoisotopic (exact) mass is 303 g/mol. The Bertz CT molecular complexity index is 321. The number of piperidine rings is 1. The van der Waals surface area contributed by atoms with Crippen LogP contribution in [-0.4, -0.2) is 18.2 Å². The number of phenolic OH excluding ortho intramolecular Hbond substituents is 1. The van der Waals surface area contributed by atoms with E-state index in [0.717, 1.165) is 35.1 Å². The molecule has 0 unspecified atom stereocenters. The third-order valence-electron chi connectivity index (χ3n) is 2.77. The summed E-state index contributed by atoms with van der Waals surface area (Å²) in [5.74, 6) is 0.997. The molecule has 0 bridgehead atoms. The molecule has 1 saturated heterocycles. The lowest BCUT2D eigenvalue weighted by molar-refractivity contribution is 0.424. The maximum atomic E-state index is 9.82. The van der Waals surface area contributed by atoms with Crippen molar-refractivity contribution < 1.29 is 5.11 Å². The van der Waals surface area contributed by atoms with Gasteiger partial charge in [0.25, 0.3) is 0 Å². The Labute approximate surface area is 97.9 Å². The molecule has 1 aliphatic heterocycles. The van der Waals surface area contributed by atoms with Crippen LogP contribution in [0.25, 0.3) is 0 Å². The molecule has 2 rings (SSSR count). The van der Waals surface area contributed by atoms with Crippen LogP contribution in [0.2, 0.25) is 0 Å². The van der Waals surface area contributed by atoms with E-state index in [-0.39, 0.29) is 0 Å². The van der Waals surface area contributed by atoms with Crippen LogP contribution in [0.4, 0.5) is 0 Å². The Balaban J connectivity index is 2.22. The van der Waals surface area contributed by atoms with Crippen molar-refractivity contribution in [2.24, 2.45) is 0 Å². The number of aromatic hydroxyl groups is 1. The predicted molar refractivity (Wildman–Crippen MR) is 65.7 cm³/mol. The van der Waals surface area contributed by atoms with Gasteiger partial charge in [-0.25, -0.2) is 0 Å². The maximum Gasteiger partial charge on any atom is 0.120 e. The molecular formula is C11H14INO. The summed E-state index contributed by atoms with van der Waals surface area (Å²) in [7, 11) is 0. The summed E-state index contributed by atoms with van der Waals surface area (Å²) in [4.78, 5) is 0. The Morgan fingerprint density at radius 2 is 2.00 bits per heavy atom. The highest BCUT2D eigenvalue weighted by molar-refractivity contribution is 14.1. The molecule has 3 heteroatoms. The van der Waals surface area contributed by atoms with Crippen LogP contribution >= 0.6 is 22.6 Å². The van der Waals surface area contributed by atoms with Crippen LogP contribution in [0.1, 0.15) is 24.3 Å². The van der Waals surface area contributed by atoms with Crippen molar-refractivity contribution in [3.63, 3.8) is 0 Å². The number of hydrogen-bond donors (Lipinski definition) is 2. The summed E-state index contributed by atoms with van der Waals surface area (Å²) < 4.78 is 1.10. The molecule has 0 atom stereocenters. The molecule has 1 aliphatic rings. The lowest BCUT2D eigenvalue weighted by Crippen LogP contribution is -2.26. The van der Waals surface area contributed by atoms with Gasteiger partial charge in [0, 0.05) is 3.57 Å². The topological polar surface area (TPSA) is 32.3 Å². The third-order valence-corrected chi connectivity index (χ3v) is 3.44. The second kappa shape index (κ2) is 4.49. The standard InChI is InChI=1S/C11H14INO/c12-9-1-2-10(11(14)7-9)8-3-5-13-6-4-8/h1-2,7-8,13-14H,3-6H2. The molecule has 14 heavy (non-hydrogen) atoms. The lowest BCUT2D eigenvalue weighted by atomic mass is 9.90. The van der Waals surface area contributed by atoms with E-state index in [1.807, 2.05) is 6.07 Å². The molecule has 1 aromatic carbocycles. The number of nitrogens with one attached hydrogen (secondary N) is 1. The molecule has 2 nitrogen and oxygen atoms in total. The fourth-order valence-corrected chi connectivity index (χ4v) is 2.47. The number of halogens is 1. The highest BCUT2D eigenvalue weighted by atomic mass is 127. The summed E-state index contributed by atoms with van der Waals surface area (Å²) in [6, 6.07) is 5.97. The molecule has 0 amide bonds. The van der Waals surface area contributed by atoms with Crippen molar-refractivity contribution in [2.45, 2.75) is 18.8 Å². The minimum absolute atomic E-state index is 0.462. The van der Waals surface area contributed by atoms with Gasteiger partial charge in [-0.3, -0.25) is 0 Å². The largest absolute Gasteiger partial charge is 0.508 e. The Hall–Kier alpha value is -0.290. The minimum atomic E-state index is 0.462. The lowest BCUT2D eigenvalue weighted by Gasteiger charge is -2.23. The molecule has 0 spiro atoms. The van der Waals surface area contributed by atoms with E-state index >= 15 is 0 Å². The zero-order valence-corrected chi connectivity index (χ0v) is 10.1. The first-order valence-electron chi connectivity index (χ1n) is 4.96. The SMILES string of the molecule is Oc1cc(I)ccc1C1CCNCC1. The molecule has 1 fully saturated rings. The van der Waals surface area contributed by atoms with E-state index < -0.39 is 0 Å². The second-order valence-electron chi connectivity index (χ2n) is 3.73. The molecule has 0 saturated carbocycles. The fourth-order valence-electron chi connectivity index (χ4n) is 1.99. The molecule has 1 heterocycles. The molecule has 0 aliphatic carbocycles. The summed E-state index contributed by atoms with van der Waals surface area (Å²) in [6.07, 6.45) is 2.27. The van der Waals surface area contributed by atoms with Crippen LogP contribution in [0.5, 0.6) is 5.75 Å². The summed E-state index contributed by atoms with van der Waals surface area (Å²) in [5, 5.41) is 13.2.